The van der Waals surface area contributed by atoms with Crippen molar-refractivity contribution in [1.29, 1.82) is 0 Å². The second-order valence-corrected chi connectivity index (χ2v) is 10.5. The molecule has 6 rings (SSSR count). The zero-order valence-corrected chi connectivity index (χ0v) is 21.9. The largest absolute Gasteiger partial charge is 0.392 e. The quantitative estimate of drug-likeness (QED) is 0.255. The van der Waals surface area contributed by atoms with E-state index in [9.17, 15) is 14.7 Å². The fraction of sp³-hybridized carbons (Fsp3) is 0.241. The van der Waals surface area contributed by atoms with Gasteiger partial charge in [0.25, 0.3) is 11.8 Å². The van der Waals surface area contributed by atoms with Gasteiger partial charge in [0.1, 0.15) is 6.33 Å². The molecule has 0 unspecified atom stereocenters. The number of hydrogen-bond donors (Lipinski definition) is 2. The summed E-state index contributed by atoms with van der Waals surface area (Å²) >= 11 is 1.51. The normalized spacial score (nSPS) is 22.8. The molecule has 1 aromatic heterocycles. The SMILES string of the molecule is C[C@@H]1[C@H](CSc2ncn[nH]2)O[C@H](c2cccc(N3C(=O)c4ccccc4C3=O)c2)O[C@@H]1c1ccc(CO)cc1. The first-order chi connectivity index (χ1) is 19.0. The van der Waals surface area contributed by atoms with Crippen LogP contribution in [-0.2, 0) is 16.1 Å². The van der Waals surface area contributed by atoms with Gasteiger partial charge in [-0.2, -0.15) is 5.10 Å². The standard InChI is InChI=1S/C29H26N4O5S/c1-17-24(15-39-29-30-16-31-32-29)37-28(38-25(17)19-11-9-18(14-34)10-12-19)20-5-4-6-21(13-20)33-26(35)22-7-2-3-8-23(22)27(33)36/h2-13,16-17,24-25,28,34H,14-15H2,1H3,(H,30,31,32)/t17-,24+,25+,28+/m1/s1. The molecule has 3 aromatic carbocycles. The summed E-state index contributed by atoms with van der Waals surface area (Å²) in [4.78, 5) is 31.6. The van der Waals surface area contributed by atoms with Crippen molar-refractivity contribution in [1.82, 2.24) is 15.2 Å². The minimum atomic E-state index is -0.737. The molecule has 3 heterocycles. The highest BCUT2D eigenvalue weighted by Crippen LogP contribution is 2.43. The number of fused-ring (bicyclic) bond motifs is 1. The Balaban J connectivity index is 1.30. The molecule has 1 fully saturated rings. The number of amides is 2. The summed E-state index contributed by atoms with van der Waals surface area (Å²) in [5, 5.41) is 17.0. The molecule has 0 aliphatic carbocycles. The van der Waals surface area contributed by atoms with Crippen molar-refractivity contribution >= 4 is 29.3 Å². The second-order valence-electron chi connectivity index (χ2n) is 9.51. The fourth-order valence-corrected chi connectivity index (χ4v) is 5.91. The Bertz CT molecular complexity index is 1460. The highest BCUT2D eigenvalue weighted by molar-refractivity contribution is 7.99. The van der Waals surface area contributed by atoms with Crippen LogP contribution in [0.3, 0.4) is 0 Å². The number of anilines is 1. The monoisotopic (exact) mass is 542 g/mol. The van der Waals surface area contributed by atoms with Crippen LogP contribution in [0.1, 0.15) is 56.7 Å². The number of H-pyrrole nitrogens is 1. The Kier molecular flexibility index (Phi) is 7.01. The number of carbonyl (C=O) groups excluding carboxylic acids is 2. The van der Waals surface area contributed by atoms with Gasteiger partial charge in [0.15, 0.2) is 11.4 Å². The van der Waals surface area contributed by atoms with Crippen molar-refractivity contribution in [3.63, 3.8) is 0 Å². The Morgan fingerprint density at radius 1 is 0.949 bits per heavy atom. The number of hydrogen-bond acceptors (Lipinski definition) is 8. The average Bonchev–Trinajstić information content (AvgIpc) is 3.59. The predicted molar refractivity (Wildman–Crippen MR) is 144 cm³/mol. The number of carbonyl (C=O) groups is 2. The summed E-state index contributed by atoms with van der Waals surface area (Å²) < 4.78 is 13.0. The summed E-state index contributed by atoms with van der Waals surface area (Å²) in [6.07, 6.45) is 0.235. The Labute approximate surface area is 229 Å². The van der Waals surface area contributed by atoms with E-state index in [1.807, 2.05) is 30.3 Å². The maximum Gasteiger partial charge on any atom is 0.266 e. The number of aliphatic hydroxyl groups excluding tert-OH is 1. The van der Waals surface area contributed by atoms with Gasteiger partial charge < -0.3 is 14.6 Å². The molecule has 0 radical (unpaired) electrons. The van der Waals surface area contributed by atoms with Gasteiger partial charge in [-0.25, -0.2) is 9.88 Å². The fourth-order valence-electron chi connectivity index (χ4n) is 4.97. The molecule has 1 saturated heterocycles. The maximum atomic E-state index is 13.1. The molecule has 2 aliphatic rings. The van der Waals surface area contributed by atoms with E-state index in [4.69, 9.17) is 9.47 Å². The van der Waals surface area contributed by atoms with Crippen LogP contribution in [0.2, 0.25) is 0 Å². The minimum absolute atomic E-state index is 0.00364. The third-order valence-electron chi connectivity index (χ3n) is 7.10. The number of aliphatic hydroxyl groups is 1. The van der Waals surface area contributed by atoms with Crippen LogP contribution in [0, 0.1) is 5.92 Å². The zero-order valence-electron chi connectivity index (χ0n) is 21.1. The Morgan fingerprint density at radius 2 is 1.69 bits per heavy atom. The smallest absolute Gasteiger partial charge is 0.266 e. The van der Waals surface area contributed by atoms with Gasteiger partial charge in [-0.3, -0.25) is 14.7 Å². The minimum Gasteiger partial charge on any atom is -0.392 e. The van der Waals surface area contributed by atoms with E-state index in [2.05, 4.69) is 22.1 Å². The van der Waals surface area contributed by atoms with Crippen molar-refractivity contribution in [3.05, 3.63) is 107 Å². The first-order valence-electron chi connectivity index (χ1n) is 12.6. The summed E-state index contributed by atoms with van der Waals surface area (Å²) in [6, 6.07) is 21.7. The number of imide groups is 1. The van der Waals surface area contributed by atoms with Crippen LogP contribution in [0.4, 0.5) is 5.69 Å². The topological polar surface area (TPSA) is 118 Å². The maximum absolute atomic E-state index is 13.1. The third kappa shape index (κ3) is 4.87. The number of rotatable bonds is 7. The van der Waals surface area contributed by atoms with Gasteiger partial charge >= 0.3 is 0 Å². The first kappa shape index (κ1) is 25.4. The van der Waals surface area contributed by atoms with Crippen molar-refractivity contribution < 1.29 is 24.2 Å². The third-order valence-corrected chi connectivity index (χ3v) is 8.06. The molecule has 0 spiro atoms. The summed E-state index contributed by atoms with van der Waals surface area (Å²) in [6.45, 7) is 2.05. The van der Waals surface area contributed by atoms with E-state index < -0.39 is 6.29 Å². The number of aromatic amines is 1. The van der Waals surface area contributed by atoms with Crippen molar-refractivity contribution in [2.45, 2.75) is 37.2 Å². The summed E-state index contributed by atoms with van der Waals surface area (Å²) in [7, 11) is 0. The molecule has 2 aliphatic heterocycles. The van der Waals surface area contributed by atoms with E-state index in [0.717, 1.165) is 11.1 Å². The summed E-state index contributed by atoms with van der Waals surface area (Å²) in [5.74, 6) is -0.0966. The predicted octanol–water partition coefficient (Wildman–Crippen LogP) is 4.68. The number of ether oxygens (including phenoxy) is 2. The number of nitrogens with one attached hydrogen (secondary N) is 1. The van der Waals surface area contributed by atoms with Crippen molar-refractivity contribution in [2.24, 2.45) is 5.92 Å². The lowest BCUT2D eigenvalue weighted by molar-refractivity contribution is -0.268. The highest BCUT2D eigenvalue weighted by Gasteiger charge is 2.40. The van der Waals surface area contributed by atoms with E-state index in [1.54, 1.807) is 42.5 Å². The van der Waals surface area contributed by atoms with Crippen LogP contribution < -0.4 is 4.90 Å². The van der Waals surface area contributed by atoms with E-state index in [0.29, 0.717) is 33.3 Å². The van der Waals surface area contributed by atoms with E-state index >= 15 is 0 Å². The van der Waals surface area contributed by atoms with Gasteiger partial charge in [0, 0.05) is 17.2 Å². The molecule has 4 atom stereocenters. The van der Waals surface area contributed by atoms with E-state index in [-0.39, 0.29) is 36.5 Å². The number of thioether (sulfide) groups is 1. The van der Waals surface area contributed by atoms with Crippen molar-refractivity contribution in [3.8, 4) is 0 Å². The number of benzene rings is 3. The molecule has 4 aromatic rings. The van der Waals surface area contributed by atoms with Crippen molar-refractivity contribution in [2.75, 3.05) is 10.7 Å². The molecule has 39 heavy (non-hydrogen) atoms. The van der Waals surface area contributed by atoms with Gasteiger partial charge in [-0.1, -0.05) is 67.2 Å². The lowest BCUT2D eigenvalue weighted by Gasteiger charge is -2.41. The lowest BCUT2D eigenvalue weighted by atomic mass is 9.91. The molecule has 2 N–H and O–H groups in total. The molecule has 0 saturated carbocycles. The molecule has 10 heteroatoms. The molecular weight excluding hydrogens is 516 g/mol. The van der Waals surface area contributed by atoms with Crippen LogP contribution >= 0.6 is 11.8 Å². The van der Waals surface area contributed by atoms with Crippen LogP contribution in [-0.4, -0.2) is 44.0 Å². The Morgan fingerprint density at radius 3 is 2.36 bits per heavy atom. The molecule has 198 valence electrons. The molecule has 9 nitrogen and oxygen atoms in total. The Hall–Kier alpha value is -3.83. The van der Waals surface area contributed by atoms with Gasteiger partial charge in [0.2, 0.25) is 0 Å². The van der Waals surface area contributed by atoms with Gasteiger partial charge in [-0.15, -0.1) is 0 Å². The molecular formula is C29H26N4O5S. The van der Waals surface area contributed by atoms with Crippen LogP contribution in [0.25, 0.3) is 0 Å². The second kappa shape index (κ2) is 10.7. The number of aromatic nitrogens is 3. The molecule has 0 bridgehead atoms. The number of nitrogens with zero attached hydrogens (tertiary/aromatic N) is 3. The zero-order chi connectivity index (χ0) is 26.9. The van der Waals surface area contributed by atoms with E-state index in [1.165, 1.54) is 23.0 Å². The first-order valence-corrected chi connectivity index (χ1v) is 13.6. The van der Waals surface area contributed by atoms with Gasteiger partial charge in [0.05, 0.1) is 35.6 Å². The van der Waals surface area contributed by atoms with Crippen LogP contribution in [0.5, 0.6) is 0 Å². The summed E-state index contributed by atoms with van der Waals surface area (Å²) in [5.41, 5.74) is 3.73. The van der Waals surface area contributed by atoms with Gasteiger partial charge in [-0.05, 0) is 35.4 Å². The highest BCUT2D eigenvalue weighted by atomic mass is 32.2. The van der Waals surface area contributed by atoms with Crippen LogP contribution in [0.15, 0.2) is 84.3 Å². The average molecular weight is 543 g/mol. The molecule has 2 amide bonds. The lowest BCUT2D eigenvalue weighted by Crippen LogP contribution is -2.38.